The van der Waals surface area contributed by atoms with E-state index in [4.69, 9.17) is 9.26 Å². The van der Waals surface area contributed by atoms with E-state index < -0.39 is 0 Å². The minimum atomic E-state index is -0.368. The van der Waals surface area contributed by atoms with E-state index in [0.29, 0.717) is 11.7 Å². The standard InChI is InChI=1S/C16H21N3O2/c1-2-3-12-20-16(8-4-5-9-16)15-18-14(19-21-15)13-6-10-17-11-7-13/h6-7,10-11H,2-5,8-9,12H2,1H3. The number of aromatic nitrogens is 3. The number of hydrogen-bond acceptors (Lipinski definition) is 5. The average molecular weight is 287 g/mol. The van der Waals surface area contributed by atoms with Crippen molar-refractivity contribution in [3.8, 4) is 11.4 Å². The number of unbranched alkanes of at least 4 members (excludes halogenated alkanes) is 1. The lowest BCUT2D eigenvalue weighted by molar-refractivity contribution is -0.0679. The summed E-state index contributed by atoms with van der Waals surface area (Å²) in [6, 6.07) is 3.77. The van der Waals surface area contributed by atoms with Crippen molar-refractivity contribution in [1.29, 1.82) is 0 Å². The van der Waals surface area contributed by atoms with Gasteiger partial charge in [0.15, 0.2) is 0 Å². The van der Waals surface area contributed by atoms with Crippen molar-refractivity contribution in [1.82, 2.24) is 15.1 Å². The molecule has 0 bridgehead atoms. The summed E-state index contributed by atoms with van der Waals surface area (Å²) in [6.45, 7) is 2.92. The first kappa shape index (κ1) is 14.2. The number of ether oxygens (including phenoxy) is 1. The van der Waals surface area contributed by atoms with Crippen LogP contribution in [0.5, 0.6) is 0 Å². The Kier molecular flexibility index (Phi) is 4.29. The topological polar surface area (TPSA) is 61.0 Å². The summed E-state index contributed by atoms with van der Waals surface area (Å²) in [5, 5.41) is 4.11. The fourth-order valence-corrected chi connectivity index (χ4v) is 2.80. The van der Waals surface area contributed by atoms with Gasteiger partial charge in [0, 0.05) is 24.6 Å². The summed E-state index contributed by atoms with van der Waals surface area (Å²) in [6.07, 6.45) is 9.89. The largest absolute Gasteiger partial charge is 0.365 e. The lowest BCUT2D eigenvalue weighted by Gasteiger charge is -2.25. The predicted octanol–water partition coefficient (Wildman–Crippen LogP) is 3.72. The molecular formula is C16H21N3O2. The van der Waals surface area contributed by atoms with Crippen LogP contribution in [0.4, 0.5) is 0 Å². The van der Waals surface area contributed by atoms with E-state index in [0.717, 1.165) is 50.7 Å². The van der Waals surface area contributed by atoms with Gasteiger partial charge in [0.25, 0.3) is 5.89 Å². The first-order chi connectivity index (χ1) is 10.3. The summed E-state index contributed by atoms with van der Waals surface area (Å²) >= 11 is 0. The average Bonchev–Trinajstić information content (AvgIpc) is 3.18. The molecule has 3 rings (SSSR count). The maximum absolute atomic E-state index is 6.16. The molecule has 2 aromatic rings. The molecule has 0 aromatic carbocycles. The van der Waals surface area contributed by atoms with Gasteiger partial charge in [-0.2, -0.15) is 4.98 Å². The lowest BCUT2D eigenvalue weighted by atomic mass is 10.0. The molecule has 21 heavy (non-hydrogen) atoms. The van der Waals surface area contributed by atoms with Gasteiger partial charge in [0.1, 0.15) is 5.60 Å². The quantitative estimate of drug-likeness (QED) is 0.758. The first-order valence-corrected chi connectivity index (χ1v) is 7.72. The molecule has 2 aromatic heterocycles. The molecule has 112 valence electrons. The molecule has 0 radical (unpaired) electrons. The molecule has 5 heteroatoms. The Labute approximate surface area is 124 Å². The van der Waals surface area contributed by atoms with Crippen molar-refractivity contribution in [2.24, 2.45) is 0 Å². The van der Waals surface area contributed by atoms with Gasteiger partial charge in [-0.1, -0.05) is 18.5 Å². The van der Waals surface area contributed by atoms with Crippen LogP contribution in [-0.2, 0) is 10.3 Å². The highest BCUT2D eigenvalue weighted by Gasteiger charge is 2.42. The predicted molar refractivity (Wildman–Crippen MR) is 78.5 cm³/mol. The van der Waals surface area contributed by atoms with Gasteiger partial charge in [0.05, 0.1) is 0 Å². The fourth-order valence-electron chi connectivity index (χ4n) is 2.80. The molecule has 0 unspecified atom stereocenters. The third kappa shape index (κ3) is 2.97. The Morgan fingerprint density at radius 2 is 2.00 bits per heavy atom. The number of nitrogens with zero attached hydrogens (tertiary/aromatic N) is 3. The molecule has 0 atom stereocenters. The summed E-state index contributed by atoms with van der Waals surface area (Å²) in [4.78, 5) is 8.59. The normalized spacial score (nSPS) is 17.2. The Morgan fingerprint density at radius 1 is 1.24 bits per heavy atom. The van der Waals surface area contributed by atoms with Crippen LogP contribution < -0.4 is 0 Å². The van der Waals surface area contributed by atoms with E-state index >= 15 is 0 Å². The molecule has 1 fully saturated rings. The number of hydrogen-bond donors (Lipinski definition) is 0. The highest BCUT2D eigenvalue weighted by molar-refractivity contribution is 5.52. The molecule has 1 aliphatic carbocycles. The van der Waals surface area contributed by atoms with Crippen molar-refractivity contribution < 1.29 is 9.26 Å². The van der Waals surface area contributed by atoms with Crippen LogP contribution in [-0.4, -0.2) is 21.7 Å². The molecule has 0 N–H and O–H groups in total. The molecule has 0 spiro atoms. The summed E-state index contributed by atoms with van der Waals surface area (Å²) in [5.74, 6) is 1.24. The molecular weight excluding hydrogens is 266 g/mol. The SMILES string of the molecule is CCCCOC1(c2nc(-c3ccncc3)no2)CCCC1. The fraction of sp³-hybridized carbons (Fsp3) is 0.562. The van der Waals surface area contributed by atoms with E-state index in [1.807, 2.05) is 12.1 Å². The zero-order chi connectivity index (χ0) is 14.5. The van der Waals surface area contributed by atoms with Gasteiger partial charge < -0.3 is 9.26 Å². The van der Waals surface area contributed by atoms with Crippen LogP contribution in [0.15, 0.2) is 29.0 Å². The van der Waals surface area contributed by atoms with Crippen LogP contribution in [0.1, 0.15) is 51.3 Å². The molecule has 0 saturated heterocycles. The van der Waals surface area contributed by atoms with Gasteiger partial charge in [-0.3, -0.25) is 4.98 Å². The highest BCUT2D eigenvalue weighted by atomic mass is 16.5. The van der Waals surface area contributed by atoms with Crippen molar-refractivity contribution in [3.63, 3.8) is 0 Å². The Morgan fingerprint density at radius 3 is 2.71 bits per heavy atom. The maximum atomic E-state index is 6.16. The smallest absolute Gasteiger partial charge is 0.259 e. The van der Waals surface area contributed by atoms with Crippen LogP contribution in [0.3, 0.4) is 0 Å². The van der Waals surface area contributed by atoms with Crippen LogP contribution >= 0.6 is 0 Å². The van der Waals surface area contributed by atoms with E-state index in [1.54, 1.807) is 12.4 Å². The third-order valence-corrected chi connectivity index (χ3v) is 4.04. The molecule has 0 aliphatic heterocycles. The third-order valence-electron chi connectivity index (χ3n) is 4.04. The second kappa shape index (κ2) is 6.35. The van der Waals surface area contributed by atoms with Gasteiger partial charge in [-0.15, -0.1) is 0 Å². The molecule has 1 saturated carbocycles. The van der Waals surface area contributed by atoms with Crippen molar-refractivity contribution >= 4 is 0 Å². The van der Waals surface area contributed by atoms with Gasteiger partial charge in [0.2, 0.25) is 5.82 Å². The van der Waals surface area contributed by atoms with Crippen molar-refractivity contribution in [2.75, 3.05) is 6.61 Å². The van der Waals surface area contributed by atoms with Crippen LogP contribution in [0, 0.1) is 0 Å². The molecule has 2 heterocycles. The van der Waals surface area contributed by atoms with Crippen molar-refractivity contribution in [3.05, 3.63) is 30.4 Å². The van der Waals surface area contributed by atoms with Crippen molar-refractivity contribution in [2.45, 2.75) is 51.0 Å². The van der Waals surface area contributed by atoms with Gasteiger partial charge in [-0.05, 0) is 44.2 Å². The highest BCUT2D eigenvalue weighted by Crippen LogP contribution is 2.42. The Balaban J connectivity index is 1.82. The zero-order valence-electron chi connectivity index (χ0n) is 12.4. The van der Waals surface area contributed by atoms with Gasteiger partial charge >= 0.3 is 0 Å². The second-order valence-corrected chi connectivity index (χ2v) is 5.56. The monoisotopic (exact) mass is 287 g/mol. The van der Waals surface area contributed by atoms with E-state index in [1.165, 1.54) is 0 Å². The molecule has 5 nitrogen and oxygen atoms in total. The zero-order valence-corrected chi connectivity index (χ0v) is 12.4. The minimum absolute atomic E-state index is 0.368. The molecule has 0 amide bonds. The minimum Gasteiger partial charge on any atom is -0.365 e. The second-order valence-electron chi connectivity index (χ2n) is 5.56. The Hall–Kier alpha value is -1.75. The van der Waals surface area contributed by atoms with Crippen LogP contribution in [0.2, 0.25) is 0 Å². The van der Waals surface area contributed by atoms with Gasteiger partial charge in [-0.25, -0.2) is 0 Å². The van der Waals surface area contributed by atoms with E-state index in [-0.39, 0.29) is 5.60 Å². The summed E-state index contributed by atoms with van der Waals surface area (Å²) in [7, 11) is 0. The van der Waals surface area contributed by atoms with Crippen LogP contribution in [0.25, 0.3) is 11.4 Å². The first-order valence-electron chi connectivity index (χ1n) is 7.72. The van der Waals surface area contributed by atoms with E-state index in [9.17, 15) is 0 Å². The Bertz CT molecular complexity index is 562. The number of pyridine rings is 1. The summed E-state index contributed by atoms with van der Waals surface area (Å²) < 4.78 is 11.7. The van der Waals surface area contributed by atoms with E-state index in [2.05, 4.69) is 22.0 Å². The summed E-state index contributed by atoms with van der Waals surface area (Å²) in [5.41, 5.74) is 0.551. The maximum Gasteiger partial charge on any atom is 0.259 e. The lowest BCUT2D eigenvalue weighted by Crippen LogP contribution is -2.27. The number of rotatable bonds is 6. The molecule has 1 aliphatic rings.